The van der Waals surface area contributed by atoms with E-state index < -0.39 is 12.0 Å². The second kappa shape index (κ2) is 6.02. The minimum Gasteiger partial charge on any atom is -0.480 e. The molecule has 0 aromatic heterocycles. The van der Waals surface area contributed by atoms with E-state index in [4.69, 9.17) is 0 Å². The summed E-state index contributed by atoms with van der Waals surface area (Å²) in [5, 5.41) is 12.0. The normalized spacial score (nSPS) is 26.0. The number of aliphatic carboxylic acids is 1. The van der Waals surface area contributed by atoms with E-state index in [1.165, 1.54) is 4.90 Å². The van der Waals surface area contributed by atoms with Gasteiger partial charge in [0.15, 0.2) is 0 Å². The smallest absolute Gasteiger partial charge is 0.326 e. The number of carbonyl (C=O) groups excluding carboxylic acids is 2. The van der Waals surface area contributed by atoms with Crippen LogP contribution in [0.5, 0.6) is 0 Å². The molecule has 2 N–H and O–H groups in total. The van der Waals surface area contributed by atoms with Crippen LogP contribution >= 0.6 is 0 Å². The molecule has 1 aliphatic heterocycles. The molecule has 3 unspecified atom stereocenters. The SMILES string of the molecule is CC1CC1C(=O)Nc1cccc(C(=O)N2CCCC2C(=O)O)c1. The van der Waals surface area contributed by atoms with Crippen LogP contribution in [0.25, 0.3) is 0 Å². The van der Waals surface area contributed by atoms with E-state index in [0.717, 1.165) is 6.42 Å². The molecule has 122 valence electrons. The van der Waals surface area contributed by atoms with Gasteiger partial charge in [0.1, 0.15) is 6.04 Å². The maximum absolute atomic E-state index is 12.5. The summed E-state index contributed by atoms with van der Waals surface area (Å²) in [5.74, 6) is -0.814. The van der Waals surface area contributed by atoms with Crippen LogP contribution < -0.4 is 5.32 Å². The Morgan fingerprint density at radius 1 is 1.30 bits per heavy atom. The number of rotatable bonds is 4. The number of hydrogen-bond donors (Lipinski definition) is 2. The van der Waals surface area contributed by atoms with Crippen LogP contribution in [0.2, 0.25) is 0 Å². The third-order valence-electron chi connectivity index (χ3n) is 4.62. The first-order valence-electron chi connectivity index (χ1n) is 7.92. The summed E-state index contributed by atoms with van der Waals surface area (Å²) in [6.45, 7) is 2.48. The molecule has 1 aliphatic carbocycles. The average molecular weight is 316 g/mol. The van der Waals surface area contributed by atoms with Gasteiger partial charge >= 0.3 is 5.97 Å². The summed E-state index contributed by atoms with van der Waals surface area (Å²) >= 11 is 0. The maximum atomic E-state index is 12.5. The Bertz CT molecular complexity index is 658. The quantitative estimate of drug-likeness (QED) is 0.889. The van der Waals surface area contributed by atoms with Gasteiger partial charge in [0.2, 0.25) is 5.91 Å². The number of amides is 2. The van der Waals surface area contributed by atoms with Gasteiger partial charge in [-0.15, -0.1) is 0 Å². The Kier molecular flexibility index (Phi) is 4.07. The molecule has 1 aromatic rings. The standard InChI is InChI=1S/C17H20N2O4/c1-10-8-13(10)15(20)18-12-5-2-4-11(9-12)16(21)19-7-3-6-14(19)17(22)23/h2,4-5,9-10,13-14H,3,6-8H2,1H3,(H,18,20)(H,22,23). The van der Waals surface area contributed by atoms with Crippen molar-refractivity contribution in [1.82, 2.24) is 4.90 Å². The Balaban J connectivity index is 1.72. The highest BCUT2D eigenvalue weighted by molar-refractivity contribution is 5.99. The van der Waals surface area contributed by atoms with E-state index in [1.807, 2.05) is 6.92 Å². The zero-order valence-electron chi connectivity index (χ0n) is 13.0. The molecule has 23 heavy (non-hydrogen) atoms. The second-order valence-corrected chi connectivity index (χ2v) is 6.38. The molecule has 3 atom stereocenters. The third-order valence-corrected chi connectivity index (χ3v) is 4.62. The van der Waals surface area contributed by atoms with Crippen molar-refractivity contribution < 1.29 is 19.5 Å². The number of likely N-dealkylation sites (tertiary alicyclic amines) is 1. The first-order chi connectivity index (χ1) is 11.0. The topological polar surface area (TPSA) is 86.7 Å². The van der Waals surface area contributed by atoms with E-state index >= 15 is 0 Å². The van der Waals surface area contributed by atoms with E-state index in [0.29, 0.717) is 36.6 Å². The van der Waals surface area contributed by atoms with Crippen LogP contribution in [-0.4, -0.2) is 40.4 Å². The number of hydrogen-bond acceptors (Lipinski definition) is 3. The van der Waals surface area contributed by atoms with Gasteiger partial charge in [0.25, 0.3) is 5.91 Å². The number of benzene rings is 1. The Morgan fingerprint density at radius 2 is 2.04 bits per heavy atom. The molecule has 1 saturated carbocycles. The fourth-order valence-corrected chi connectivity index (χ4v) is 3.08. The molecular formula is C17H20N2O4. The molecule has 2 fully saturated rings. The van der Waals surface area contributed by atoms with Gasteiger partial charge < -0.3 is 15.3 Å². The largest absolute Gasteiger partial charge is 0.480 e. The molecule has 1 saturated heterocycles. The zero-order valence-corrected chi connectivity index (χ0v) is 13.0. The highest BCUT2D eigenvalue weighted by Gasteiger charge is 2.39. The van der Waals surface area contributed by atoms with Crippen molar-refractivity contribution in [1.29, 1.82) is 0 Å². The maximum Gasteiger partial charge on any atom is 0.326 e. The van der Waals surface area contributed by atoms with Crippen molar-refractivity contribution in [3.63, 3.8) is 0 Å². The van der Waals surface area contributed by atoms with Crippen LogP contribution in [0.15, 0.2) is 24.3 Å². The fraction of sp³-hybridized carbons (Fsp3) is 0.471. The highest BCUT2D eigenvalue weighted by Crippen LogP contribution is 2.38. The molecule has 0 bridgehead atoms. The molecule has 2 aliphatic rings. The first-order valence-corrected chi connectivity index (χ1v) is 7.92. The first kappa shape index (κ1) is 15.5. The number of carbonyl (C=O) groups is 3. The highest BCUT2D eigenvalue weighted by atomic mass is 16.4. The predicted molar refractivity (Wildman–Crippen MR) is 84.0 cm³/mol. The van der Waals surface area contributed by atoms with Crippen LogP contribution in [0.3, 0.4) is 0 Å². The minimum absolute atomic E-state index is 0.0216. The molecular weight excluding hydrogens is 296 g/mol. The fourth-order valence-electron chi connectivity index (χ4n) is 3.08. The zero-order chi connectivity index (χ0) is 16.6. The minimum atomic E-state index is -0.969. The Morgan fingerprint density at radius 3 is 2.70 bits per heavy atom. The van der Waals surface area contributed by atoms with Gasteiger partial charge in [-0.1, -0.05) is 13.0 Å². The lowest BCUT2D eigenvalue weighted by molar-refractivity contribution is -0.141. The van der Waals surface area contributed by atoms with Gasteiger partial charge in [0.05, 0.1) is 0 Å². The van der Waals surface area contributed by atoms with Gasteiger partial charge in [-0.05, 0) is 43.4 Å². The molecule has 0 spiro atoms. The van der Waals surface area contributed by atoms with E-state index in [1.54, 1.807) is 24.3 Å². The monoisotopic (exact) mass is 316 g/mol. The summed E-state index contributed by atoms with van der Waals surface area (Å²) in [5.41, 5.74) is 0.978. The van der Waals surface area contributed by atoms with Crippen LogP contribution in [0, 0.1) is 11.8 Å². The van der Waals surface area contributed by atoms with Gasteiger partial charge in [-0.25, -0.2) is 4.79 Å². The molecule has 6 nitrogen and oxygen atoms in total. The lowest BCUT2D eigenvalue weighted by Gasteiger charge is -2.21. The van der Waals surface area contributed by atoms with Crippen molar-refractivity contribution in [2.45, 2.75) is 32.2 Å². The van der Waals surface area contributed by atoms with Crippen LogP contribution in [-0.2, 0) is 9.59 Å². The number of nitrogens with one attached hydrogen (secondary N) is 1. The summed E-state index contributed by atoms with van der Waals surface area (Å²) in [4.78, 5) is 37.1. The van der Waals surface area contributed by atoms with Crippen LogP contribution in [0.1, 0.15) is 36.5 Å². The molecule has 1 aromatic carbocycles. The average Bonchev–Trinajstić information content (AvgIpc) is 3.06. The van der Waals surface area contributed by atoms with Crippen LogP contribution in [0.4, 0.5) is 5.69 Å². The third kappa shape index (κ3) is 3.21. The van der Waals surface area contributed by atoms with E-state index in [9.17, 15) is 19.5 Å². The number of carboxylic acids is 1. The van der Waals surface area contributed by atoms with Gasteiger partial charge in [-0.2, -0.15) is 0 Å². The van der Waals surface area contributed by atoms with Crippen molar-refractivity contribution in [3.05, 3.63) is 29.8 Å². The molecule has 2 amide bonds. The Hall–Kier alpha value is -2.37. The van der Waals surface area contributed by atoms with E-state index in [-0.39, 0.29) is 17.7 Å². The Labute approximate surface area is 134 Å². The molecule has 6 heteroatoms. The van der Waals surface area contributed by atoms with Gasteiger partial charge in [-0.3, -0.25) is 9.59 Å². The lowest BCUT2D eigenvalue weighted by atomic mass is 10.1. The summed E-state index contributed by atoms with van der Waals surface area (Å²) < 4.78 is 0. The van der Waals surface area contributed by atoms with Crippen molar-refractivity contribution in [2.75, 3.05) is 11.9 Å². The lowest BCUT2D eigenvalue weighted by Crippen LogP contribution is -2.40. The molecule has 1 heterocycles. The molecule has 0 radical (unpaired) electrons. The summed E-state index contributed by atoms with van der Waals surface area (Å²) in [7, 11) is 0. The van der Waals surface area contributed by atoms with Crippen molar-refractivity contribution in [3.8, 4) is 0 Å². The van der Waals surface area contributed by atoms with E-state index in [2.05, 4.69) is 5.32 Å². The number of anilines is 1. The van der Waals surface area contributed by atoms with Gasteiger partial charge in [0, 0.05) is 23.7 Å². The summed E-state index contributed by atoms with van der Waals surface area (Å²) in [6.07, 6.45) is 2.08. The second-order valence-electron chi connectivity index (χ2n) is 6.38. The number of nitrogens with zero attached hydrogens (tertiary/aromatic N) is 1. The van der Waals surface area contributed by atoms with Crippen molar-refractivity contribution >= 4 is 23.5 Å². The predicted octanol–water partition coefficient (Wildman–Crippen LogP) is 1.97. The molecule has 3 rings (SSSR count). The van der Waals surface area contributed by atoms with Crippen molar-refractivity contribution in [2.24, 2.45) is 11.8 Å². The summed E-state index contributed by atoms with van der Waals surface area (Å²) in [6, 6.07) is 5.94. The number of carboxylic acid groups (broad SMARTS) is 1.